The molecule has 0 saturated carbocycles. The van der Waals surface area contributed by atoms with Crippen LogP contribution in [0.2, 0.25) is 0 Å². The van der Waals surface area contributed by atoms with E-state index in [0.717, 1.165) is 24.0 Å². The number of aryl methyl sites for hydroxylation is 1. The molecule has 2 fully saturated rings. The molecule has 0 spiro atoms. The number of likely N-dealkylation sites (tertiary alicyclic amines) is 1. The molecule has 122 valence electrons. The summed E-state index contributed by atoms with van der Waals surface area (Å²) in [6, 6.07) is 7.37. The minimum Gasteiger partial charge on any atom is -0.340 e. The van der Waals surface area contributed by atoms with Crippen molar-refractivity contribution in [3.05, 3.63) is 28.2 Å². The minimum atomic E-state index is 0. The van der Waals surface area contributed by atoms with Gasteiger partial charge in [-0.3, -0.25) is 4.79 Å². The maximum atomic E-state index is 12.4. The largest absolute Gasteiger partial charge is 0.340 e. The van der Waals surface area contributed by atoms with Crippen LogP contribution >= 0.6 is 40.1 Å². The molecule has 1 aromatic carbocycles. The highest BCUT2D eigenvalue weighted by Crippen LogP contribution is 2.26. The summed E-state index contributed by atoms with van der Waals surface area (Å²) in [5.41, 5.74) is 1.22. The average Bonchev–Trinajstić information content (AvgIpc) is 2.77. The second-order valence-corrected chi connectivity index (χ2v) is 7.90. The Morgan fingerprint density at radius 3 is 2.91 bits per heavy atom. The van der Waals surface area contributed by atoms with Gasteiger partial charge in [0.25, 0.3) is 0 Å². The van der Waals surface area contributed by atoms with Crippen LogP contribution < -0.4 is 5.32 Å². The molecule has 22 heavy (non-hydrogen) atoms. The normalized spacial score (nSPS) is 23.8. The second-order valence-electron chi connectivity index (χ2n) is 5.96. The first kappa shape index (κ1) is 18.1. The predicted octanol–water partition coefficient (Wildman–Crippen LogP) is 3.62. The zero-order valence-electron chi connectivity index (χ0n) is 12.7. The van der Waals surface area contributed by atoms with Crippen LogP contribution in [0.25, 0.3) is 0 Å². The first-order valence-corrected chi connectivity index (χ1v) is 9.32. The summed E-state index contributed by atoms with van der Waals surface area (Å²) in [5.74, 6) is 0.816. The van der Waals surface area contributed by atoms with Gasteiger partial charge in [0.05, 0.1) is 5.75 Å². The highest BCUT2D eigenvalue weighted by atomic mass is 79.9. The van der Waals surface area contributed by atoms with Crippen molar-refractivity contribution in [1.29, 1.82) is 0 Å². The Bertz CT molecular complexity index is 543. The van der Waals surface area contributed by atoms with Crippen molar-refractivity contribution >= 4 is 46.0 Å². The van der Waals surface area contributed by atoms with E-state index in [-0.39, 0.29) is 18.3 Å². The predicted molar refractivity (Wildman–Crippen MR) is 98.0 cm³/mol. The number of hydrogen-bond acceptors (Lipinski definition) is 3. The van der Waals surface area contributed by atoms with Crippen molar-refractivity contribution in [2.24, 2.45) is 0 Å². The van der Waals surface area contributed by atoms with Gasteiger partial charge in [-0.25, -0.2) is 0 Å². The van der Waals surface area contributed by atoms with Gasteiger partial charge in [-0.1, -0.05) is 15.9 Å². The van der Waals surface area contributed by atoms with E-state index in [2.05, 4.69) is 45.2 Å². The monoisotopic (exact) mass is 404 g/mol. The molecule has 1 aromatic rings. The van der Waals surface area contributed by atoms with E-state index in [9.17, 15) is 4.79 Å². The van der Waals surface area contributed by atoms with Crippen molar-refractivity contribution in [3.8, 4) is 0 Å². The Morgan fingerprint density at radius 2 is 2.14 bits per heavy atom. The molecule has 2 aliphatic heterocycles. The SMILES string of the molecule is Cc1cc(Br)ccc1SCC(=O)N1CCC2CCC(C1)N2.Cl. The van der Waals surface area contributed by atoms with Crippen LogP contribution in [0.4, 0.5) is 0 Å². The van der Waals surface area contributed by atoms with Crippen LogP contribution in [0, 0.1) is 6.92 Å². The van der Waals surface area contributed by atoms with Crippen molar-refractivity contribution < 1.29 is 4.79 Å². The average molecular weight is 406 g/mol. The number of nitrogens with zero attached hydrogens (tertiary/aromatic N) is 1. The second kappa shape index (κ2) is 8.04. The topological polar surface area (TPSA) is 32.3 Å². The van der Waals surface area contributed by atoms with E-state index in [4.69, 9.17) is 0 Å². The van der Waals surface area contributed by atoms with Gasteiger partial charge in [-0.2, -0.15) is 0 Å². The van der Waals surface area contributed by atoms with E-state index in [0.29, 0.717) is 17.8 Å². The number of thioether (sulfide) groups is 1. The maximum absolute atomic E-state index is 12.4. The third-order valence-corrected chi connectivity index (χ3v) is 6.02. The third-order valence-electron chi connectivity index (χ3n) is 4.36. The Morgan fingerprint density at radius 1 is 1.36 bits per heavy atom. The summed E-state index contributed by atoms with van der Waals surface area (Å²) in [6.45, 7) is 3.88. The molecule has 6 heteroatoms. The zero-order chi connectivity index (χ0) is 14.8. The fourth-order valence-corrected chi connectivity index (χ4v) is 4.56. The summed E-state index contributed by atoms with van der Waals surface area (Å²) < 4.78 is 1.09. The first-order chi connectivity index (χ1) is 10.1. The van der Waals surface area contributed by atoms with Gasteiger partial charge in [0, 0.05) is 34.5 Å². The van der Waals surface area contributed by atoms with Gasteiger partial charge in [0.2, 0.25) is 5.91 Å². The molecular formula is C16H22BrClN2OS. The quantitative estimate of drug-likeness (QED) is 0.780. The Balaban J connectivity index is 0.00000176. The number of benzene rings is 1. The maximum Gasteiger partial charge on any atom is 0.232 e. The van der Waals surface area contributed by atoms with E-state index in [1.54, 1.807) is 11.8 Å². The summed E-state index contributed by atoms with van der Waals surface area (Å²) in [4.78, 5) is 15.7. The summed E-state index contributed by atoms with van der Waals surface area (Å²) in [5, 5.41) is 3.62. The number of amides is 1. The molecule has 2 saturated heterocycles. The molecule has 2 bridgehead atoms. The third kappa shape index (κ3) is 4.40. The lowest BCUT2D eigenvalue weighted by Crippen LogP contribution is -2.39. The first-order valence-electron chi connectivity index (χ1n) is 7.54. The fourth-order valence-electron chi connectivity index (χ4n) is 3.18. The van der Waals surface area contributed by atoms with E-state index < -0.39 is 0 Å². The molecule has 3 rings (SSSR count). The molecule has 2 aliphatic rings. The summed E-state index contributed by atoms with van der Waals surface area (Å²) in [7, 11) is 0. The van der Waals surface area contributed by atoms with Gasteiger partial charge in [-0.15, -0.1) is 24.2 Å². The standard InChI is InChI=1S/C16H21BrN2OS.ClH/c1-11-8-12(17)2-5-15(11)21-10-16(20)19-7-6-13-3-4-14(9-19)18-13;/h2,5,8,13-14,18H,3-4,6-7,9-10H2,1H3;1H. The molecule has 0 aromatic heterocycles. The van der Waals surface area contributed by atoms with E-state index >= 15 is 0 Å². The van der Waals surface area contributed by atoms with E-state index in [1.165, 1.54) is 23.3 Å². The van der Waals surface area contributed by atoms with Crippen molar-refractivity contribution in [3.63, 3.8) is 0 Å². The summed E-state index contributed by atoms with van der Waals surface area (Å²) in [6.07, 6.45) is 3.59. The molecule has 0 radical (unpaired) electrons. The van der Waals surface area contributed by atoms with Crippen LogP contribution in [0.1, 0.15) is 24.8 Å². The number of rotatable bonds is 3. The fraction of sp³-hybridized carbons (Fsp3) is 0.562. The zero-order valence-corrected chi connectivity index (χ0v) is 15.9. The number of fused-ring (bicyclic) bond motifs is 2. The Kier molecular flexibility index (Phi) is 6.62. The smallest absolute Gasteiger partial charge is 0.232 e. The van der Waals surface area contributed by atoms with Gasteiger partial charge < -0.3 is 10.2 Å². The van der Waals surface area contributed by atoms with Gasteiger partial charge in [-0.05, 0) is 49.9 Å². The molecule has 3 nitrogen and oxygen atoms in total. The lowest BCUT2D eigenvalue weighted by atomic mass is 10.1. The molecule has 2 heterocycles. The van der Waals surface area contributed by atoms with Crippen LogP contribution in [0.3, 0.4) is 0 Å². The molecule has 0 aliphatic carbocycles. The summed E-state index contributed by atoms with van der Waals surface area (Å²) >= 11 is 5.13. The van der Waals surface area contributed by atoms with Crippen LogP contribution in [-0.4, -0.2) is 41.7 Å². The Labute approximate surface area is 151 Å². The van der Waals surface area contributed by atoms with Crippen LogP contribution in [0.15, 0.2) is 27.6 Å². The number of nitrogens with one attached hydrogen (secondary N) is 1. The molecule has 1 N–H and O–H groups in total. The lowest BCUT2D eigenvalue weighted by molar-refractivity contribution is -0.128. The number of carbonyl (C=O) groups excluding carboxylic acids is 1. The number of hydrogen-bond donors (Lipinski definition) is 1. The molecule has 2 unspecified atom stereocenters. The van der Waals surface area contributed by atoms with Gasteiger partial charge >= 0.3 is 0 Å². The molecular weight excluding hydrogens is 384 g/mol. The molecule has 2 atom stereocenters. The van der Waals surface area contributed by atoms with Crippen LogP contribution in [0.5, 0.6) is 0 Å². The van der Waals surface area contributed by atoms with Gasteiger partial charge in [0.15, 0.2) is 0 Å². The number of halogens is 2. The van der Waals surface area contributed by atoms with Crippen molar-refractivity contribution in [2.75, 3.05) is 18.8 Å². The van der Waals surface area contributed by atoms with Crippen LogP contribution in [-0.2, 0) is 4.79 Å². The highest BCUT2D eigenvalue weighted by Gasteiger charge is 2.30. The van der Waals surface area contributed by atoms with Gasteiger partial charge in [0.1, 0.15) is 0 Å². The number of carbonyl (C=O) groups is 1. The minimum absolute atomic E-state index is 0. The van der Waals surface area contributed by atoms with E-state index in [1.807, 2.05) is 6.07 Å². The van der Waals surface area contributed by atoms with Crippen molar-refractivity contribution in [2.45, 2.75) is 43.2 Å². The lowest BCUT2D eigenvalue weighted by Gasteiger charge is -2.24. The van der Waals surface area contributed by atoms with Crippen molar-refractivity contribution in [1.82, 2.24) is 10.2 Å². The Hall–Kier alpha value is -0.230. The highest BCUT2D eigenvalue weighted by molar-refractivity contribution is 9.10. The molecule has 1 amide bonds.